The lowest BCUT2D eigenvalue weighted by atomic mass is 9.98. The molecule has 76 valence electrons. The lowest BCUT2D eigenvalue weighted by Gasteiger charge is -2.24. The van der Waals surface area contributed by atoms with Gasteiger partial charge in [-0.05, 0) is 20.8 Å². The SMILES string of the molecule is C=C(C)C(=O)OCC(C)C(C)(C)Cl. The van der Waals surface area contributed by atoms with E-state index in [4.69, 9.17) is 16.3 Å². The Labute approximate surface area is 84.9 Å². The van der Waals surface area contributed by atoms with Crippen molar-refractivity contribution in [1.29, 1.82) is 0 Å². The molecule has 0 aromatic rings. The quantitative estimate of drug-likeness (QED) is 0.400. The van der Waals surface area contributed by atoms with Gasteiger partial charge in [-0.3, -0.25) is 0 Å². The van der Waals surface area contributed by atoms with Gasteiger partial charge in [0.15, 0.2) is 0 Å². The summed E-state index contributed by atoms with van der Waals surface area (Å²) in [4.78, 5) is 10.7. The average Bonchev–Trinajstić information content (AvgIpc) is 1.97. The van der Waals surface area contributed by atoms with Crippen molar-refractivity contribution in [1.82, 2.24) is 0 Å². The molecule has 0 saturated carbocycles. The minimum Gasteiger partial charge on any atom is -0.462 e. The first-order valence-corrected chi connectivity index (χ1v) is 4.64. The number of carbonyl (C=O) groups is 1. The fraction of sp³-hybridized carbons (Fsp3) is 0.700. The van der Waals surface area contributed by atoms with Crippen molar-refractivity contribution in [3.05, 3.63) is 12.2 Å². The normalized spacial score (nSPS) is 13.6. The van der Waals surface area contributed by atoms with Crippen LogP contribution in [-0.4, -0.2) is 17.5 Å². The second-order valence-corrected chi connectivity index (χ2v) is 4.82. The fourth-order valence-electron chi connectivity index (χ4n) is 0.522. The van der Waals surface area contributed by atoms with E-state index in [-0.39, 0.29) is 16.8 Å². The third kappa shape index (κ3) is 4.94. The Balaban J connectivity index is 3.91. The van der Waals surface area contributed by atoms with Gasteiger partial charge in [0.05, 0.1) is 6.61 Å². The van der Waals surface area contributed by atoms with Crippen molar-refractivity contribution in [2.75, 3.05) is 6.61 Å². The van der Waals surface area contributed by atoms with E-state index in [9.17, 15) is 4.79 Å². The first-order valence-electron chi connectivity index (χ1n) is 4.26. The summed E-state index contributed by atoms with van der Waals surface area (Å²) in [6, 6.07) is 0. The van der Waals surface area contributed by atoms with Crippen LogP contribution < -0.4 is 0 Å². The molecule has 0 aromatic carbocycles. The van der Waals surface area contributed by atoms with Crippen LogP contribution >= 0.6 is 11.6 Å². The van der Waals surface area contributed by atoms with Crippen LogP contribution in [0.5, 0.6) is 0 Å². The molecule has 3 heteroatoms. The van der Waals surface area contributed by atoms with E-state index in [1.54, 1.807) is 6.92 Å². The summed E-state index contributed by atoms with van der Waals surface area (Å²) >= 11 is 6.03. The highest BCUT2D eigenvalue weighted by atomic mass is 35.5. The van der Waals surface area contributed by atoms with Crippen LogP contribution in [0.2, 0.25) is 0 Å². The molecule has 0 rings (SSSR count). The highest BCUT2D eigenvalue weighted by Crippen LogP contribution is 2.24. The molecule has 0 heterocycles. The molecule has 0 fully saturated rings. The molecule has 0 aliphatic heterocycles. The molecule has 0 aliphatic carbocycles. The van der Waals surface area contributed by atoms with Gasteiger partial charge in [-0.15, -0.1) is 11.6 Å². The van der Waals surface area contributed by atoms with E-state index in [1.807, 2.05) is 20.8 Å². The van der Waals surface area contributed by atoms with Crippen LogP contribution in [0.25, 0.3) is 0 Å². The summed E-state index contributed by atoms with van der Waals surface area (Å²) < 4.78 is 4.97. The smallest absolute Gasteiger partial charge is 0.333 e. The van der Waals surface area contributed by atoms with Crippen LogP contribution in [0.1, 0.15) is 27.7 Å². The highest BCUT2D eigenvalue weighted by molar-refractivity contribution is 6.23. The summed E-state index contributed by atoms with van der Waals surface area (Å²) in [5.41, 5.74) is 0.416. The number of halogens is 1. The van der Waals surface area contributed by atoms with Crippen molar-refractivity contribution in [3.8, 4) is 0 Å². The summed E-state index contributed by atoms with van der Waals surface area (Å²) in [7, 11) is 0. The van der Waals surface area contributed by atoms with Crippen molar-refractivity contribution in [2.24, 2.45) is 5.92 Å². The van der Waals surface area contributed by atoms with Crippen LogP contribution in [0.15, 0.2) is 12.2 Å². The van der Waals surface area contributed by atoms with Crippen LogP contribution in [0, 0.1) is 5.92 Å². The van der Waals surface area contributed by atoms with E-state index in [0.717, 1.165) is 0 Å². The molecule has 0 spiro atoms. The molecule has 0 radical (unpaired) electrons. The first-order chi connectivity index (χ1) is 5.75. The predicted molar refractivity (Wildman–Crippen MR) is 54.9 cm³/mol. The lowest BCUT2D eigenvalue weighted by molar-refractivity contribution is -0.140. The lowest BCUT2D eigenvalue weighted by Crippen LogP contribution is -2.27. The number of rotatable bonds is 4. The molecule has 0 bridgehead atoms. The van der Waals surface area contributed by atoms with E-state index in [1.165, 1.54) is 0 Å². The van der Waals surface area contributed by atoms with Crippen molar-refractivity contribution in [2.45, 2.75) is 32.6 Å². The number of ether oxygens (including phenoxy) is 1. The van der Waals surface area contributed by atoms with Gasteiger partial charge in [0.2, 0.25) is 0 Å². The molecule has 0 aromatic heterocycles. The molecule has 13 heavy (non-hydrogen) atoms. The fourth-order valence-corrected chi connectivity index (χ4v) is 0.585. The molecule has 0 N–H and O–H groups in total. The Morgan fingerprint density at radius 3 is 2.38 bits per heavy atom. The largest absolute Gasteiger partial charge is 0.462 e. The van der Waals surface area contributed by atoms with Crippen molar-refractivity contribution < 1.29 is 9.53 Å². The third-order valence-electron chi connectivity index (χ3n) is 1.98. The predicted octanol–water partition coefficient (Wildman–Crippen LogP) is 2.76. The topological polar surface area (TPSA) is 26.3 Å². The van der Waals surface area contributed by atoms with E-state index in [2.05, 4.69) is 6.58 Å². The Kier molecular flexibility index (Phi) is 4.48. The number of esters is 1. The monoisotopic (exact) mass is 204 g/mol. The zero-order valence-electron chi connectivity index (χ0n) is 8.69. The number of alkyl halides is 1. The van der Waals surface area contributed by atoms with Crippen LogP contribution in [0.3, 0.4) is 0 Å². The number of hydrogen-bond acceptors (Lipinski definition) is 2. The minimum atomic E-state index is -0.354. The Bertz CT molecular complexity index is 203. The average molecular weight is 205 g/mol. The van der Waals surface area contributed by atoms with E-state index >= 15 is 0 Å². The number of carbonyl (C=O) groups excluding carboxylic acids is 1. The standard InChI is InChI=1S/C10H17ClO2/c1-7(2)9(12)13-6-8(3)10(4,5)11/h8H,1,6H2,2-5H3. The second kappa shape index (κ2) is 4.66. The van der Waals surface area contributed by atoms with Crippen molar-refractivity contribution >= 4 is 17.6 Å². The van der Waals surface area contributed by atoms with Crippen molar-refractivity contribution in [3.63, 3.8) is 0 Å². The summed E-state index contributed by atoms with van der Waals surface area (Å²) in [5.74, 6) is -0.231. The maximum Gasteiger partial charge on any atom is 0.333 e. The number of hydrogen-bond donors (Lipinski definition) is 0. The van der Waals surface area contributed by atoms with Gasteiger partial charge in [-0.25, -0.2) is 4.79 Å². The van der Waals surface area contributed by atoms with Gasteiger partial charge in [-0.2, -0.15) is 0 Å². The van der Waals surface area contributed by atoms with Gasteiger partial charge in [0, 0.05) is 16.4 Å². The maximum atomic E-state index is 11.0. The Hall–Kier alpha value is -0.500. The molecule has 2 nitrogen and oxygen atoms in total. The zero-order valence-corrected chi connectivity index (χ0v) is 9.44. The first kappa shape index (κ1) is 12.5. The molecule has 1 atom stereocenters. The molecule has 0 aliphatic rings. The van der Waals surface area contributed by atoms with Crippen LogP contribution in [0.4, 0.5) is 0 Å². The maximum absolute atomic E-state index is 11.0. The van der Waals surface area contributed by atoms with Gasteiger partial charge >= 0.3 is 5.97 Å². The molecule has 0 amide bonds. The van der Waals surface area contributed by atoms with Gasteiger partial charge in [0.1, 0.15) is 0 Å². The molecular formula is C10H17ClO2. The van der Waals surface area contributed by atoms with E-state index in [0.29, 0.717) is 12.2 Å². The Morgan fingerprint density at radius 1 is 1.62 bits per heavy atom. The molecule has 1 unspecified atom stereocenters. The van der Waals surface area contributed by atoms with Gasteiger partial charge in [0.25, 0.3) is 0 Å². The second-order valence-electron chi connectivity index (χ2n) is 3.84. The summed E-state index contributed by atoms with van der Waals surface area (Å²) in [6.07, 6.45) is 0. The summed E-state index contributed by atoms with van der Waals surface area (Å²) in [6.45, 7) is 11.2. The van der Waals surface area contributed by atoms with Gasteiger partial charge in [-0.1, -0.05) is 13.5 Å². The van der Waals surface area contributed by atoms with E-state index < -0.39 is 0 Å². The third-order valence-corrected chi connectivity index (χ3v) is 2.36. The molecule has 0 saturated heterocycles. The highest BCUT2D eigenvalue weighted by Gasteiger charge is 2.23. The minimum absolute atomic E-state index is 0.123. The Morgan fingerprint density at radius 2 is 2.08 bits per heavy atom. The zero-order chi connectivity index (χ0) is 10.6. The molecular weight excluding hydrogens is 188 g/mol. The van der Waals surface area contributed by atoms with Gasteiger partial charge < -0.3 is 4.74 Å². The van der Waals surface area contributed by atoms with Crippen LogP contribution in [-0.2, 0) is 9.53 Å². The summed E-state index contributed by atoms with van der Waals surface area (Å²) in [5, 5.41) is 0.